The van der Waals surface area contributed by atoms with Gasteiger partial charge in [0.2, 0.25) is 0 Å². The third kappa shape index (κ3) is 57100. The number of carboxylic acids is 1. The Labute approximate surface area is 57.7 Å². The van der Waals surface area contributed by atoms with Crippen LogP contribution in [0.4, 0.5) is 0 Å². The minimum absolute atomic E-state index is 0.972. The van der Waals surface area contributed by atoms with Gasteiger partial charge in [0, 0.05) is 5.97 Å². The monoisotopic (exact) mass is 166 g/mol. The van der Waals surface area contributed by atoms with Gasteiger partial charge in [0.15, 0.2) is 0 Å². The zero-order chi connectivity index (χ0) is 7.15. The minimum atomic E-state index is -1.08. The van der Waals surface area contributed by atoms with E-state index < -0.39 is 5.97 Å². The predicted molar refractivity (Wildman–Crippen MR) is 24.4 cm³/mol. The Morgan fingerprint density at radius 3 is 1.62 bits per heavy atom. The summed E-state index contributed by atoms with van der Waals surface area (Å²) in [6.45, 7) is 0.972. The molecule has 0 atom stereocenters. The van der Waals surface area contributed by atoms with Crippen molar-refractivity contribution in [3.8, 4) is 0 Å². The van der Waals surface area contributed by atoms with Crippen molar-refractivity contribution in [1.82, 2.24) is 3.92 Å². The molecule has 0 bridgehead atoms. The number of rotatable bonds is 0. The van der Waals surface area contributed by atoms with Crippen LogP contribution in [0.3, 0.4) is 0 Å². The molecule has 0 radical (unpaired) electrons. The van der Waals surface area contributed by atoms with Gasteiger partial charge in [-0.1, -0.05) is 0 Å². The number of hydrogen-bond acceptors (Lipinski definition) is 3. The van der Waals surface area contributed by atoms with Crippen molar-refractivity contribution in [3.05, 3.63) is 0 Å². The molecule has 0 aromatic carbocycles. The van der Waals surface area contributed by atoms with Crippen LogP contribution < -0.4 is 5.11 Å². The molecule has 0 N–H and O–H groups in total. The molecule has 8 heavy (non-hydrogen) atoms. The van der Waals surface area contributed by atoms with E-state index in [0.717, 1.165) is 6.92 Å². The van der Waals surface area contributed by atoms with Crippen LogP contribution in [-0.2, 0) is 21.0 Å². The van der Waals surface area contributed by atoms with E-state index in [2.05, 4.69) is 16.2 Å². The predicted octanol–water partition coefficient (Wildman–Crippen LogP) is -1.23. The second kappa shape index (κ2) is 6.95. The van der Waals surface area contributed by atoms with Gasteiger partial charge >= 0.3 is 34.2 Å². The van der Waals surface area contributed by atoms with Gasteiger partial charge in [-0.2, -0.15) is 0 Å². The van der Waals surface area contributed by atoms with Gasteiger partial charge in [0.1, 0.15) is 0 Å². The first-order chi connectivity index (χ1) is 3.46. The van der Waals surface area contributed by atoms with Crippen molar-refractivity contribution in [2.24, 2.45) is 0 Å². The number of carbonyl (C=O) groups excluding carboxylic acids is 1. The zero-order valence-electron chi connectivity index (χ0n) is 5.07. The second-order valence-electron chi connectivity index (χ2n) is 1.21. The van der Waals surface area contributed by atoms with E-state index in [1.807, 2.05) is 0 Å². The van der Waals surface area contributed by atoms with Crippen LogP contribution in [0.15, 0.2) is 0 Å². The summed E-state index contributed by atoms with van der Waals surface area (Å²) in [6, 6.07) is 0. The molecule has 0 heterocycles. The molecule has 0 saturated carbocycles. The summed E-state index contributed by atoms with van der Waals surface area (Å²) in [6.07, 6.45) is 0. The van der Waals surface area contributed by atoms with Crippen LogP contribution >= 0.6 is 0 Å². The molecule has 53 valence electrons. The topological polar surface area (TPSA) is 43.4 Å². The number of nitrogens with zero attached hydrogens (tertiary/aromatic N) is 1. The summed E-state index contributed by atoms with van der Waals surface area (Å²) in [5, 5.41) is 8.89. The summed E-state index contributed by atoms with van der Waals surface area (Å²) < 4.78 is 1.56. The van der Waals surface area contributed by atoms with E-state index in [1.54, 1.807) is 18.0 Å². The van der Waals surface area contributed by atoms with Gasteiger partial charge in [-0.05, 0) is 6.92 Å². The molecule has 0 unspecified atom stereocenters. The fourth-order valence-corrected chi connectivity index (χ4v) is 0. The molecule has 0 aromatic heterocycles. The number of carboxylic acid groups (broad SMARTS) is 1. The van der Waals surface area contributed by atoms with Crippen molar-refractivity contribution in [1.29, 1.82) is 0 Å². The third-order valence-electron chi connectivity index (χ3n) is 0. The molecule has 0 aliphatic rings. The van der Waals surface area contributed by atoms with Gasteiger partial charge in [0.25, 0.3) is 0 Å². The molecule has 0 amide bonds. The average Bonchev–Trinajstić information content (AvgIpc) is 1.25. The summed E-state index contributed by atoms with van der Waals surface area (Å²) >= 11 is 4.58. The fraction of sp³-hybridized carbons (Fsp3) is 0.750. The van der Waals surface area contributed by atoms with E-state index in [1.165, 1.54) is 0 Å². The van der Waals surface area contributed by atoms with Crippen LogP contribution in [0.25, 0.3) is 0 Å². The van der Waals surface area contributed by atoms with E-state index in [0.29, 0.717) is 0 Å². The van der Waals surface area contributed by atoms with Gasteiger partial charge < -0.3 is 9.90 Å². The van der Waals surface area contributed by atoms with Crippen molar-refractivity contribution < 1.29 is 26.1 Å². The molecular weight excluding hydrogens is 158 g/mol. The normalized spacial score (nSPS) is 7.75. The fourth-order valence-electron chi connectivity index (χ4n) is 0. The molecule has 4 heteroatoms. The summed E-state index contributed by atoms with van der Waals surface area (Å²) in [5.41, 5.74) is 0. The van der Waals surface area contributed by atoms with E-state index in [4.69, 9.17) is 9.90 Å². The summed E-state index contributed by atoms with van der Waals surface area (Å²) in [5.74, 6) is -1.08. The third-order valence-corrected chi connectivity index (χ3v) is 0. The molecule has 0 spiro atoms. The van der Waals surface area contributed by atoms with E-state index in [9.17, 15) is 0 Å². The molecule has 0 fully saturated rings. The number of hydrogen-bond donors (Lipinski definition) is 0. The van der Waals surface area contributed by atoms with Crippen molar-refractivity contribution in [2.75, 3.05) is 14.1 Å². The number of aliphatic carboxylic acids is 1. The van der Waals surface area contributed by atoms with Gasteiger partial charge in [-0.15, -0.1) is 0 Å². The van der Waals surface area contributed by atoms with E-state index >= 15 is 0 Å². The molecular formula is C4H9CuNO2. The van der Waals surface area contributed by atoms with Gasteiger partial charge in [-0.25, -0.2) is 0 Å². The SMILES string of the molecule is CC(=O)[O-].C[N](C)[Cu+]. The molecule has 0 rings (SSSR count). The summed E-state index contributed by atoms with van der Waals surface area (Å²) in [4.78, 5) is 8.89. The maximum absolute atomic E-state index is 8.89. The van der Waals surface area contributed by atoms with Crippen molar-refractivity contribution in [3.63, 3.8) is 0 Å². The first-order valence-electron chi connectivity index (χ1n) is 1.94. The Hall–Kier alpha value is -0.0505. The van der Waals surface area contributed by atoms with Crippen LogP contribution in [0.2, 0.25) is 0 Å². The Morgan fingerprint density at radius 2 is 1.62 bits per heavy atom. The Balaban J connectivity index is 0. The first-order valence-corrected chi connectivity index (χ1v) is 2.36. The Kier molecular flexibility index (Phi) is 9.42. The number of carbonyl (C=O) groups is 1. The Bertz CT molecular complexity index is 58.3. The van der Waals surface area contributed by atoms with Crippen molar-refractivity contribution >= 4 is 5.97 Å². The zero-order valence-corrected chi connectivity index (χ0v) is 6.01. The molecule has 0 aliphatic carbocycles. The quantitative estimate of drug-likeness (QED) is 0.423. The maximum atomic E-state index is 8.89. The molecule has 3 nitrogen and oxygen atoms in total. The first kappa shape index (κ1) is 10.8. The van der Waals surface area contributed by atoms with Crippen molar-refractivity contribution in [2.45, 2.75) is 6.92 Å². The molecule has 0 aromatic rings. The van der Waals surface area contributed by atoms with Crippen LogP contribution in [0.1, 0.15) is 6.92 Å². The average molecular weight is 167 g/mol. The van der Waals surface area contributed by atoms with Crippen LogP contribution in [0, 0.1) is 0 Å². The van der Waals surface area contributed by atoms with E-state index in [-0.39, 0.29) is 0 Å². The van der Waals surface area contributed by atoms with Crippen LogP contribution in [0.5, 0.6) is 0 Å². The molecule has 0 saturated heterocycles. The standard InChI is InChI=1S/C2H6N.C2H4O2.Cu/c1-3-2;1-2(3)4;/h1-2H3;1H3,(H,3,4);/q-1;;+2/p-1. The van der Waals surface area contributed by atoms with Gasteiger partial charge in [-0.3, -0.25) is 0 Å². The summed E-state index contributed by atoms with van der Waals surface area (Å²) in [7, 11) is 3.61. The van der Waals surface area contributed by atoms with Crippen LogP contribution in [-0.4, -0.2) is 24.0 Å². The Morgan fingerprint density at radius 1 is 1.62 bits per heavy atom. The second-order valence-corrected chi connectivity index (χ2v) is 2.05. The van der Waals surface area contributed by atoms with Gasteiger partial charge in [0.05, 0.1) is 0 Å². The molecule has 0 aliphatic heterocycles.